The number of alkyl carbamates (subject to hydrolysis) is 1. The third kappa shape index (κ3) is 6.46. The normalized spacial score (nSPS) is 11.0. The van der Waals surface area contributed by atoms with E-state index in [1.807, 2.05) is 0 Å². The van der Waals surface area contributed by atoms with Crippen LogP contribution >= 0.6 is 0 Å². The van der Waals surface area contributed by atoms with Gasteiger partial charge in [0.2, 0.25) is 6.10 Å². The number of nitrogens with one attached hydrogen (secondary N) is 1. The fourth-order valence-corrected chi connectivity index (χ4v) is 1.00. The van der Waals surface area contributed by atoms with Gasteiger partial charge in [-0.3, -0.25) is 4.79 Å². The van der Waals surface area contributed by atoms with Gasteiger partial charge in [0.1, 0.15) is 6.29 Å². The molecule has 0 aliphatic rings. The second-order valence-corrected chi connectivity index (χ2v) is 3.08. The predicted molar refractivity (Wildman–Crippen MR) is 57.6 cm³/mol. The highest BCUT2D eigenvalue weighted by atomic mass is 16.6. The minimum absolute atomic E-state index is 0.0617. The summed E-state index contributed by atoms with van der Waals surface area (Å²) in [7, 11) is 2.33. The molecular weight excluding hydrogens is 246 g/mol. The molecule has 0 aliphatic heterocycles. The first-order valence-corrected chi connectivity index (χ1v) is 5.07. The SMILES string of the molecule is COC(=O)CCC(OC(=O)NCC=O)C(=O)OC. The molecule has 0 rings (SSSR count). The van der Waals surface area contributed by atoms with Gasteiger partial charge in [-0.15, -0.1) is 0 Å². The lowest BCUT2D eigenvalue weighted by molar-refractivity contribution is -0.151. The lowest BCUT2D eigenvalue weighted by Crippen LogP contribution is -2.35. The van der Waals surface area contributed by atoms with Crippen LogP contribution in [0, 0.1) is 0 Å². The highest BCUT2D eigenvalue weighted by Crippen LogP contribution is 2.06. The second kappa shape index (κ2) is 8.97. The quantitative estimate of drug-likeness (QED) is 0.370. The first kappa shape index (κ1) is 15.9. The van der Waals surface area contributed by atoms with Crippen LogP contribution in [0.1, 0.15) is 12.8 Å². The van der Waals surface area contributed by atoms with Crippen LogP contribution in [0.3, 0.4) is 0 Å². The summed E-state index contributed by atoms with van der Waals surface area (Å²) >= 11 is 0. The van der Waals surface area contributed by atoms with Crippen molar-refractivity contribution in [3.05, 3.63) is 0 Å². The lowest BCUT2D eigenvalue weighted by Gasteiger charge is -2.14. The van der Waals surface area contributed by atoms with E-state index >= 15 is 0 Å². The monoisotopic (exact) mass is 261 g/mol. The molecular formula is C10H15NO7. The zero-order valence-corrected chi connectivity index (χ0v) is 10.1. The van der Waals surface area contributed by atoms with Gasteiger partial charge in [-0.2, -0.15) is 0 Å². The molecule has 8 nitrogen and oxygen atoms in total. The van der Waals surface area contributed by atoms with E-state index < -0.39 is 24.1 Å². The molecule has 1 N–H and O–H groups in total. The van der Waals surface area contributed by atoms with Gasteiger partial charge >= 0.3 is 18.0 Å². The van der Waals surface area contributed by atoms with E-state index in [4.69, 9.17) is 4.74 Å². The summed E-state index contributed by atoms with van der Waals surface area (Å²) in [6.45, 7) is -0.232. The molecule has 1 atom stereocenters. The maximum Gasteiger partial charge on any atom is 0.408 e. The van der Waals surface area contributed by atoms with Gasteiger partial charge in [-0.05, 0) is 0 Å². The van der Waals surface area contributed by atoms with Gasteiger partial charge in [0.05, 0.1) is 20.8 Å². The molecule has 18 heavy (non-hydrogen) atoms. The number of ether oxygens (including phenoxy) is 3. The molecule has 0 saturated carbocycles. The molecule has 1 amide bonds. The number of esters is 2. The van der Waals surface area contributed by atoms with E-state index in [-0.39, 0.29) is 19.4 Å². The fourth-order valence-electron chi connectivity index (χ4n) is 1.00. The van der Waals surface area contributed by atoms with Crippen LogP contribution in [0.25, 0.3) is 0 Å². The van der Waals surface area contributed by atoms with Crippen molar-refractivity contribution in [2.75, 3.05) is 20.8 Å². The highest BCUT2D eigenvalue weighted by Gasteiger charge is 2.24. The number of rotatable bonds is 7. The van der Waals surface area contributed by atoms with Crippen molar-refractivity contribution in [2.45, 2.75) is 18.9 Å². The molecule has 8 heteroatoms. The Morgan fingerprint density at radius 1 is 1.22 bits per heavy atom. The molecule has 102 valence electrons. The Morgan fingerprint density at radius 3 is 2.39 bits per heavy atom. The van der Waals surface area contributed by atoms with Crippen LogP contribution in [-0.4, -0.2) is 51.2 Å². The van der Waals surface area contributed by atoms with E-state index in [0.29, 0.717) is 6.29 Å². The van der Waals surface area contributed by atoms with Gasteiger partial charge in [0.15, 0.2) is 0 Å². The molecule has 0 aliphatic carbocycles. The molecule has 0 fully saturated rings. The largest absolute Gasteiger partial charge is 0.469 e. The fraction of sp³-hybridized carbons (Fsp3) is 0.600. The third-order valence-electron chi connectivity index (χ3n) is 1.88. The van der Waals surface area contributed by atoms with Crippen molar-refractivity contribution in [3.63, 3.8) is 0 Å². The first-order valence-electron chi connectivity index (χ1n) is 5.07. The molecule has 0 bridgehead atoms. The molecule has 1 unspecified atom stereocenters. The Kier molecular flexibility index (Phi) is 7.91. The van der Waals surface area contributed by atoms with Crippen LogP contribution in [0.2, 0.25) is 0 Å². The first-order chi connectivity index (χ1) is 8.54. The zero-order valence-electron chi connectivity index (χ0n) is 10.1. The van der Waals surface area contributed by atoms with Crippen LogP contribution in [0.4, 0.5) is 4.79 Å². The van der Waals surface area contributed by atoms with Crippen molar-refractivity contribution in [2.24, 2.45) is 0 Å². The summed E-state index contributed by atoms with van der Waals surface area (Å²) < 4.78 is 13.5. The number of carbonyl (C=O) groups is 4. The van der Waals surface area contributed by atoms with Crippen LogP contribution in [0.15, 0.2) is 0 Å². The Labute approximate surface area is 104 Å². The third-order valence-corrected chi connectivity index (χ3v) is 1.88. The maximum atomic E-state index is 11.3. The van der Waals surface area contributed by atoms with Crippen molar-refractivity contribution < 1.29 is 33.4 Å². The second-order valence-electron chi connectivity index (χ2n) is 3.08. The van der Waals surface area contributed by atoms with E-state index in [0.717, 1.165) is 7.11 Å². The minimum Gasteiger partial charge on any atom is -0.469 e. The van der Waals surface area contributed by atoms with E-state index in [1.54, 1.807) is 0 Å². The van der Waals surface area contributed by atoms with Gasteiger partial charge in [0.25, 0.3) is 0 Å². The molecule has 0 saturated heterocycles. The summed E-state index contributed by atoms with van der Waals surface area (Å²) in [4.78, 5) is 43.3. The number of methoxy groups -OCH3 is 2. The van der Waals surface area contributed by atoms with E-state index in [9.17, 15) is 19.2 Å². The molecule has 0 aromatic heterocycles. The number of aldehydes is 1. The van der Waals surface area contributed by atoms with Gasteiger partial charge < -0.3 is 24.3 Å². The maximum absolute atomic E-state index is 11.3. The van der Waals surface area contributed by atoms with E-state index in [1.165, 1.54) is 7.11 Å². The summed E-state index contributed by atoms with van der Waals surface area (Å²) in [5, 5.41) is 2.09. The van der Waals surface area contributed by atoms with Crippen molar-refractivity contribution in [1.29, 1.82) is 0 Å². The molecule has 0 spiro atoms. The molecule has 0 heterocycles. The smallest absolute Gasteiger partial charge is 0.408 e. The van der Waals surface area contributed by atoms with Crippen molar-refractivity contribution >= 4 is 24.3 Å². The van der Waals surface area contributed by atoms with Crippen molar-refractivity contribution in [3.8, 4) is 0 Å². The minimum atomic E-state index is -1.22. The number of hydrogen-bond acceptors (Lipinski definition) is 7. The number of hydrogen-bond donors (Lipinski definition) is 1. The van der Waals surface area contributed by atoms with Crippen LogP contribution in [-0.2, 0) is 28.6 Å². The zero-order chi connectivity index (χ0) is 14.0. The average Bonchev–Trinajstić information content (AvgIpc) is 2.39. The average molecular weight is 261 g/mol. The lowest BCUT2D eigenvalue weighted by atomic mass is 10.2. The Bertz CT molecular complexity index is 315. The number of carbonyl (C=O) groups excluding carboxylic acids is 4. The predicted octanol–water partition coefficient (Wildman–Crippen LogP) is -0.594. The summed E-state index contributed by atoms with van der Waals surface area (Å²) in [6, 6.07) is 0. The molecule has 0 aromatic rings. The Hall–Kier alpha value is -2.12. The van der Waals surface area contributed by atoms with E-state index in [2.05, 4.69) is 14.8 Å². The molecule has 0 radical (unpaired) electrons. The van der Waals surface area contributed by atoms with Gasteiger partial charge in [-0.25, -0.2) is 9.59 Å². The van der Waals surface area contributed by atoms with Crippen LogP contribution < -0.4 is 5.32 Å². The Balaban J connectivity index is 4.30. The van der Waals surface area contributed by atoms with Crippen molar-refractivity contribution in [1.82, 2.24) is 5.32 Å². The van der Waals surface area contributed by atoms with Crippen LogP contribution in [0.5, 0.6) is 0 Å². The van der Waals surface area contributed by atoms with Gasteiger partial charge in [-0.1, -0.05) is 0 Å². The highest BCUT2D eigenvalue weighted by molar-refractivity contribution is 5.80. The molecule has 0 aromatic carbocycles. The standard InChI is InChI=1S/C10H15NO7/c1-16-8(13)4-3-7(9(14)17-2)18-10(15)11-5-6-12/h6-7H,3-5H2,1-2H3,(H,11,15). The topological polar surface area (TPSA) is 108 Å². The number of amides is 1. The summed E-state index contributed by atoms with van der Waals surface area (Å²) in [6.07, 6.45) is -1.86. The van der Waals surface area contributed by atoms with Gasteiger partial charge in [0, 0.05) is 12.8 Å². The summed E-state index contributed by atoms with van der Waals surface area (Å²) in [5.74, 6) is -1.33. The Morgan fingerprint density at radius 2 is 1.89 bits per heavy atom. The summed E-state index contributed by atoms with van der Waals surface area (Å²) in [5.41, 5.74) is 0.